The molecule has 0 bridgehead atoms. The van der Waals surface area contributed by atoms with Crippen LogP contribution in [0.25, 0.3) is 21.3 Å². The van der Waals surface area contributed by atoms with Crippen LogP contribution in [0.4, 0.5) is 0 Å². The summed E-state index contributed by atoms with van der Waals surface area (Å²) in [7, 11) is 0. The Bertz CT molecular complexity index is 997. The van der Waals surface area contributed by atoms with Gasteiger partial charge in [0.2, 0.25) is 0 Å². The van der Waals surface area contributed by atoms with Gasteiger partial charge in [0.05, 0.1) is 5.39 Å². The van der Waals surface area contributed by atoms with E-state index in [0.717, 1.165) is 64.5 Å². The number of fused-ring (bicyclic) bond motifs is 1. The highest BCUT2D eigenvalue weighted by Crippen LogP contribution is 2.35. The number of likely N-dealkylation sites (N-methyl/N-ethyl adjacent to an activating group) is 1. The lowest BCUT2D eigenvalue weighted by atomic mass is 10.0. The molecular weight excluding hydrogens is 366 g/mol. The van der Waals surface area contributed by atoms with E-state index in [1.54, 1.807) is 11.3 Å². The lowest BCUT2D eigenvalue weighted by molar-refractivity contribution is 0.287. The molecule has 4 nitrogen and oxygen atoms in total. The van der Waals surface area contributed by atoms with Crippen molar-refractivity contribution in [3.63, 3.8) is 0 Å². The lowest BCUT2D eigenvalue weighted by Crippen LogP contribution is -2.33. The maximum absolute atomic E-state index is 13.6. The van der Waals surface area contributed by atoms with Gasteiger partial charge in [-0.15, -0.1) is 11.3 Å². The van der Waals surface area contributed by atoms with Gasteiger partial charge in [-0.3, -0.25) is 9.36 Å². The van der Waals surface area contributed by atoms with E-state index in [1.807, 2.05) is 4.57 Å². The number of hydrogen-bond donors (Lipinski definition) is 0. The molecule has 0 spiro atoms. The number of benzene rings is 1. The van der Waals surface area contributed by atoms with Crippen LogP contribution in [0.3, 0.4) is 0 Å². The molecule has 0 N–H and O–H groups in total. The molecule has 2 heterocycles. The molecule has 0 aliphatic carbocycles. The number of thiophene rings is 1. The van der Waals surface area contributed by atoms with Gasteiger partial charge in [0.25, 0.3) is 5.56 Å². The summed E-state index contributed by atoms with van der Waals surface area (Å²) >= 11 is 1.64. The van der Waals surface area contributed by atoms with E-state index < -0.39 is 0 Å². The summed E-state index contributed by atoms with van der Waals surface area (Å²) in [5.74, 6) is 0.920. The first-order chi connectivity index (χ1) is 13.5. The summed E-state index contributed by atoms with van der Waals surface area (Å²) in [4.78, 5) is 22.9. The molecule has 0 fully saturated rings. The first-order valence-electron chi connectivity index (χ1n) is 10.3. The normalized spacial score (nSPS) is 11.6. The van der Waals surface area contributed by atoms with Crippen LogP contribution in [0.15, 0.2) is 29.1 Å². The minimum Gasteiger partial charge on any atom is -0.302 e. The zero-order valence-electron chi connectivity index (χ0n) is 17.7. The van der Waals surface area contributed by atoms with Crippen LogP contribution >= 0.6 is 11.3 Å². The van der Waals surface area contributed by atoms with Crippen LogP contribution < -0.4 is 5.56 Å². The van der Waals surface area contributed by atoms with Gasteiger partial charge in [0, 0.05) is 30.0 Å². The second-order valence-electron chi connectivity index (χ2n) is 7.34. The summed E-state index contributed by atoms with van der Waals surface area (Å²) < 4.78 is 1.92. The Morgan fingerprint density at radius 2 is 1.75 bits per heavy atom. The zero-order valence-corrected chi connectivity index (χ0v) is 18.5. The SMILES string of the molecule is CCCc1nc2sc(C)c(-c3ccc(C)cc3)c2c(=O)n1CCN(CC)CC. The molecule has 0 aliphatic rings. The van der Waals surface area contributed by atoms with E-state index in [2.05, 4.69) is 63.8 Å². The van der Waals surface area contributed by atoms with Crippen molar-refractivity contribution in [1.29, 1.82) is 0 Å². The van der Waals surface area contributed by atoms with E-state index in [-0.39, 0.29) is 5.56 Å². The Hall–Kier alpha value is -1.98. The molecule has 0 aliphatic heterocycles. The number of aromatic nitrogens is 2. The van der Waals surface area contributed by atoms with Gasteiger partial charge in [0.1, 0.15) is 10.7 Å². The molecule has 0 saturated carbocycles. The second kappa shape index (κ2) is 9.01. The van der Waals surface area contributed by atoms with Crippen LogP contribution in [-0.2, 0) is 13.0 Å². The standard InChI is InChI=1S/C23H31N3OS/c1-6-9-19-24-22-21(23(27)26(19)15-14-25(7-2)8-3)20(17(5)28-22)18-12-10-16(4)11-13-18/h10-13H,6-9,14-15H2,1-5H3. The summed E-state index contributed by atoms with van der Waals surface area (Å²) in [6.07, 6.45) is 1.82. The third kappa shape index (κ3) is 4.06. The summed E-state index contributed by atoms with van der Waals surface area (Å²) in [6.45, 7) is 14.2. The molecule has 3 rings (SSSR count). The van der Waals surface area contributed by atoms with E-state index in [4.69, 9.17) is 4.98 Å². The Morgan fingerprint density at radius 1 is 1.07 bits per heavy atom. The van der Waals surface area contributed by atoms with E-state index in [1.165, 1.54) is 5.56 Å². The minimum atomic E-state index is 0.112. The topological polar surface area (TPSA) is 38.1 Å². The first kappa shape index (κ1) is 20.7. The van der Waals surface area contributed by atoms with Crippen molar-refractivity contribution in [2.45, 2.75) is 54.0 Å². The van der Waals surface area contributed by atoms with Crippen LogP contribution in [0.2, 0.25) is 0 Å². The molecule has 0 atom stereocenters. The van der Waals surface area contributed by atoms with Crippen molar-refractivity contribution in [2.75, 3.05) is 19.6 Å². The Morgan fingerprint density at radius 3 is 2.36 bits per heavy atom. The predicted molar refractivity (Wildman–Crippen MR) is 121 cm³/mol. The highest BCUT2D eigenvalue weighted by Gasteiger charge is 2.19. The average molecular weight is 398 g/mol. The highest BCUT2D eigenvalue weighted by atomic mass is 32.1. The Balaban J connectivity index is 2.17. The summed E-state index contributed by atoms with van der Waals surface area (Å²) in [5, 5.41) is 0.783. The summed E-state index contributed by atoms with van der Waals surface area (Å²) in [5.41, 5.74) is 3.49. The van der Waals surface area contributed by atoms with Crippen LogP contribution in [0, 0.1) is 13.8 Å². The van der Waals surface area contributed by atoms with Gasteiger partial charge in [-0.25, -0.2) is 4.98 Å². The van der Waals surface area contributed by atoms with Crippen LogP contribution in [-0.4, -0.2) is 34.1 Å². The van der Waals surface area contributed by atoms with Gasteiger partial charge in [0.15, 0.2) is 0 Å². The molecule has 0 unspecified atom stereocenters. The van der Waals surface area contributed by atoms with Gasteiger partial charge in [-0.1, -0.05) is 50.6 Å². The molecule has 150 valence electrons. The molecule has 0 amide bonds. The Kier molecular flexibility index (Phi) is 6.68. The van der Waals surface area contributed by atoms with Crippen molar-refractivity contribution in [2.24, 2.45) is 0 Å². The minimum absolute atomic E-state index is 0.112. The second-order valence-corrected chi connectivity index (χ2v) is 8.54. The van der Waals surface area contributed by atoms with Gasteiger partial charge >= 0.3 is 0 Å². The highest BCUT2D eigenvalue weighted by molar-refractivity contribution is 7.19. The fourth-order valence-electron chi connectivity index (χ4n) is 3.73. The molecule has 5 heteroatoms. The molecule has 2 aromatic heterocycles. The molecular formula is C23H31N3OS. The fourth-order valence-corrected chi connectivity index (χ4v) is 4.79. The molecule has 28 heavy (non-hydrogen) atoms. The van der Waals surface area contributed by atoms with Crippen molar-refractivity contribution >= 4 is 21.6 Å². The molecule has 0 saturated heterocycles. The molecule has 0 radical (unpaired) electrons. The van der Waals surface area contributed by atoms with Gasteiger partial charge in [-0.05, 0) is 38.9 Å². The first-order valence-corrected chi connectivity index (χ1v) is 11.1. The third-order valence-corrected chi connectivity index (χ3v) is 6.41. The predicted octanol–water partition coefficient (Wildman–Crippen LogP) is 5.04. The quantitative estimate of drug-likeness (QED) is 0.535. The van der Waals surface area contributed by atoms with Crippen molar-refractivity contribution in [3.05, 3.63) is 50.9 Å². The van der Waals surface area contributed by atoms with Crippen LogP contribution in [0.5, 0.6) is 0 Å². The average Bonchev–Trinajstić information content (AvgIpc) is 3.01. The lowest BCUT2D eigenvalue weighted by Gasteiger charge is -2.20. The Labute approximate surface area is 171 Å². The monoisotopic (exact) mass is 397 g/mol. The van der Waals surface area contributed by atoms with E-state index in [0.29, 0.717) is 6.54 Å². The molecule has 1 aromatic carbocycles. The smallest absolute Gasteiger partial charge is 0.262 e. The number of rotatable bonds is 8. The van der Waals surface area contributed by atoms with E-state index in [9.17, 15) is 4.79 Å². The zero-order chi connectivity index (χ0) is 20.3. The third-order valence-electron chi connectivity index (χ3n) is 5.41. The number of aryl methyl sites for hydroxylation is 3. The maximum Gasteiger partial charge on any atom is 0.262 e. The largest absolute Gasteiger partial charge is 0.302 e. The van der Waals surface area contributed by atoms with Gasteiger partial charge < -0.3 is 4.90 Å². The van der Waals surface area contributed by atoms with Crippen molar-refractivity contribution in [1.82, 2.24) is 14.5 Å². The fraction of sp³-hybridized carbons (Fsp3) is 0.478. The molecule has 3 aromatic rings. The van der Waals surface area contributed by atoms with E-state index >= 15 is 0 Å². The summed E-state index contributed by atoms with van der Waals surface area (Å²) in [6, 6.07) is 8.44. The number of nitrogens with zero attached hydrogens (tertiary/aromatic N) is 3. The maximum atomic E-state index is 13.6. The van der Waals surface area contributed by atoms with Crippen molar-refractivity contribution in [3.8, 4) is 11.1 Å². The van der Waals surface area contributed by atoms with Crippen molar-refractivity contribution < 1.29 is 0 Å². The van der Waals surface area contributed by atoms with Crippen LogP contribution in [0.1, 0.15) is 43.5 Å². The number of hydrogen-bond acceptors (Lipinski definition) is 4. The van der Waals surface area contributed by atoms with Gasteiger partial charge in [-0.2, -0.15) is 0 Å².